The zero-order chi connectivity index (χ0) is 12.5. The average Bonchev–Trinajstić information content (AvgIpc) is 2.38. The van der Waals surface area contributed by atoms with Crippen molar-refractivity contribution in [2.45, 2.75) is 0 Å². The Balaban J connectivity index is 2.39. The van der Waals surface area contributed by atoms with E-state index >= 15 is 0 Å². The Morgan fingerprint density at radius 2 is 1.72 bits per heavy atom. The SMILES string of the molecule is Oc1ccc2c(-c3ccccc3)cc(=S)oc2c1. The predicted octanol–water partition coefficient (Wildman–Crippen LogP) is 4.53. The van der Waals surface area contributed by atoms with Gasteiger partial charge in [-0.1, -0.05) is 30.3 Å². The predicted molar refractivity (Wildman–Crippen MR) is 74.1 cm³/mol. The molecule has 88 valence electrons. The molecule has 0 amide bonds. The van der Waals surface area contributed by atoms with Crippen molar-refractivity contribution >= 4 is 23.2 Å². The van der Waals surface area contributed by atoms with Crippen molar-refractivity contribution in [1.82, 2.24) is 0 Å². The van der Waals surface area contributed by atoms with Crippen LogP contribution in [0.15, 0.2) is 59.0 Å². The van der Waals surface area contributed by atoms with Crippen LogP contribution in [0.25, 0.3) is 22.1 Å². The maximum Gasteiger partial charge on any atom is 0.191 e. The lowest BCUT2D eigenvalue weighted by Gasteiger charge is -2.06. The summed E-state index contributed by atoms with van der Waals surface area (Å²) in [5, 5.41) is 10.4. The second-order valence-electron chi connectivity index (χ2n) is 4.03. The largest absolute Gasteiger partial charge is 0.508 e. The van der Waals surface area contributed by atoms with Gasteiger partial charge in [0.25, 0.3) is 0 Å². The number of benzene rings is 2. The van der Waals surface area contributed by atoms with Gasteiger partial charge < -0.3 is 9.52 Å². The van der Waals surface area contributed by atoms with Crippen molar-refractivity contribution in [2.24, 2.45) is 0 Å². The number of hydrogen-bond acceptors (Lipinski definition) is 3. The minimum absolute atomic E-state index is 0.172. The Morgan fingerprint density at radius 3 is 2.50 bits per heavy atom. The van der Waals surface area contributed by atoms with Crippen LogP contribution in [0.1, 0.15) is 0 Å². The van der Waals surface area contributed by atoms with Gasteiger partial charge in [-0.05, 0) is 35.5 Å². The van der Waals surface area contributed by atoms with Gasteiger partial charge in [-0.25, -0.2) is 0 Å². The Morgan fingerprint density at radius 1 is 0.944 bits per heavy atom. The summed E-state index contributed by atoms with van der Waals surface area (Å²) in [7, 11) is 0. The van der Waals surface area contributed by atoms with Crippen LogP contribution in [-0.2, 0) is 0 Å². The molecule has 2 aromatic carbocycles. The lowest BCUT2D eigenvalue weighted by atomic mass is 10.0. The zero-order valence-electron chi connectivity index (χ0n) is 9.46. The molecule has 0 aliphatic rings. The van der Waals surface area contributed by atoms with E-state index in [4.69, 9.17) is 16.6 Å². The van der Waals surface area contributed by atoms with Crippen LogP contribution in [0, 0.1) is 4.71 Å². The van der Waals surface area contributed by atoms with Crippen LogP contribution in [0.5, 0.6) is 5.75 Å². The Kier molecular flexibility index (Phi) is 2.61. The lowest BCUT2D eigenvalue weighted by Crippen LogP contribution is -1.81. The summed E-state index contributed by atoms with van der Waals surface area (Å²) in [5.41, 5.74) is 2.69. The smallest absolute Gasteiger partial charge is 0.191 e. The first-order valence-corrected chi connectivity index (χ1v) is 5.97. The molecule has 18 heavy (non-hydrogen) atoms. The van der Waals surface area contributed by atoms with Gasteiger partial charge in [0, 0.05) is 17.5 Å². The molecule has 3 rings (SSSR count). The molecular formula is C15H10O2S. The van der Waals surface area contributed by atoms with Gasteiger partial charge in [-0.2, -0.15) is 0 Å². The van der Waals surface area contributed by atoms with Gasteiger partial charge in [-0.15, -0.1) is 0 Å². The highest BCUT2D eigenvalue weighted by molar-refractivity contribution is 7.71. The number of fused-ring (bicyclic) bond motifs is 1. The quantitative estimate of drug-likeness (QED) is 0.647. The van der Waals surface area contributed by atoms with Gasteiger partial charge in [0.15, 0.2) is 4.71 Å². The number of phenolic OH excluding ortho intramolecular Hbond substituents is 1. The molecule has 1 aromatic heterocycles. The monoisotopic (exact) mass is 254 g/mol. The summed E-state index contributed by atoms with van der Waals surface area (Å²) in [6, 6.07) is 16.9. The van der Waals surface area contributed by atoms with Crippen LogP contribution in [0.4, 0.5) is 0 Å². The molecular weight excluding hydrogens is 244 g/mol. The number of phenols is 1. The van der Waals surface area contributed by atoms with E-state index in [1.54, 1.807) is 12.1 Å². The summed E-state index contributed by atoms with van der Waals surface area (Å²) in [6.07, 6.45) is 0. The third kappa shape index (κ3) is 1.89. The van der Waals surface area contributed by atoms with E-state index < -0.39 is 0 Å². The fourth-order valence-electron chi connectivity index (χ4n) is 2.01. The van der Waals surface area contributed by atoms with Crippen molar-refractivity contribution in [3.8, 4) is 16.9 Å². The average molecular weight is 254 g/mol. The number of aromatic hydroxyl groups is 1. The Hall–Kier alpha value is -2.13. The van der Waals surface area contributed by atoms with E-state index in [9.17, 15) is 5.11 Å². The maximum absolute atomic E-state index is 9.49. The van der Waals surface area contributed by atoms with E-state index in [0.717, 1.165) is 16.5 Å². The van der Waals surface area contributed by atoms with E-state index in [0.29, 0.717) is 10.3 Å². The van der Waals surface area contributed by atoms with E-state index in [2.05, 4.69) is 0 Å². The van der Waals surface area contributed by atoms with Crippen molar-refractivity contribution in [1.29, 1.82) is 0 Å². The first-order chi connectivity index (χ1) is 8.74. The summed E-state index contributed by atoms with van der Waals surface area (Å²) in [4.78, 5) is 0. The van der Waals surface area contributed by atoms with Gasteiger partial charge in [0.1, 0.15) is 11.3 Å². The summed E-state index contributed by atoms with van der Waals surface area (Å²) in [6.45, 7) is 0. The van der Waals surface area contributed by atoms with Crippen molar-refractivity contribution < 1.29 is 9.52 Å². The molecule has 3 heteroatoms. The van der Waals surface area contributed by atoms with Crippen LogP contribution in [0.2, 0.25) is 0 Å². The third-order valence-corrected chi connectivity index (χ3v) is 3.01. The van der Waals surface area contributed by atoms with Gasteiger partial charge in [0.2, 0.25) is 0 Å². The second kappa shape index (κ2) is 4.27. The Labute approximate surface area is 109 Å². The summed E-state index contributed by atoms with van der Waals surface area (Å²) in [5.74, 6) is 0.172. The molecule has 0 spiro atoms. The molecule has 3 aromatic rings. The fourth-order valence-corrected chi connectivity index (χ4v) is 2.22. The van der Waals surface area contributed by atoms with Crippen LogP contribution >= 0.6 is 12.2 Å². The van der Waals surface area contributed by atoms with Crippen molar-refractivity contribution in [2.75, 3.05) is 0 Å². The van der Waals surface area contributed by atoms with Crippen molar-refractivity contribution in [3.05, 3.63) is 59.3 Å². The number of hydrogen-bond donors (Lipinski definition) is 1. The molecule has 0 aliphatic heterocycles. The van der Waals surface area contributed by atoms with E-state index in [1.807, 2.05) is 42.5 Å². The molecule has 1 N–H and O–H groups in total. The van der Waals surface area contributed by atoms with E-state index in [-0.39, 0.29) is 5.75 Å². The Bertz CT molecular complexity index is 760. The lowest BCUT2D eigenvalue weighted by molar-refractivity contribution is 0.474. The molecule has 0 atom stereocenters. The molecule has 1 heterocycles. The number of rotatable bonds is 1. The van der Waals surface area contributed by atoms with Gasteiger partial charge in [0.05, 0.1) is 0 Å². The highest BCUT2D eigenvalue weighted by Gasteiger charge is 2.06. The molecule has 2 nitrogen and oxygen atoms in total. The van der Waals surface area contributed by atoms with E-state index in [1.165, 1.54) is 0 Å². The summed E-state index contributed by atoms with van der Waals surface area (Å²) < 4.78 is 5.87. The first kappa shape index (κ1) is 11.0. The molecule has 0 saturated heterocycles. The van der Waals surface area contributed by atoms with Gasteiger partial charge in [-0.3, -0.25) is 0 Å². The fraction of sp³-hybridized carbons (Fsp3) is 0. The topological polar surface area (TPSA) is 33.4 Å². The highest BCUT2D eigenvalue weighted by atomic mass is 32.1. The van der Waals surface area contributed by atoms with Gasteiger partial charge >= 0.3 is 0 Å². The third-order valence-electron chi connectivity index (χ3n) is 2.81. The molecule has 0 radical (unpaired) electrons. The molecule has 0 aliphatic carbocycles. The second-order valence-corrected chi connectivity index (χ2v) is 4.43. The molecule has 0 saturated carbocycles. The normalized spacial score (nSPS) is 10.7. The zero-order valence-corrected chi connectivity index (χ0v) is 10.3. The summed E-state index contributed by atoms with van der Waals surface area (Å²) >= 11 is 5.12. The molecule has 0 fully saturated rings. The maximum atomic E-state index is 9.49. The van der Waals surface area contributed by atoms with Crippen LogP contribution < -0.4 is 0 Å². The minimum Gasteiger partial charge on any atom is -0.508 e. The minimum atomic E-state index is 0.172. The first-order valence-electron chi connectivity index (χ1n) is 5.56. The highest BCUT2D eigenvalue weighted by Crippen LogP contribution is 2.30. The van der Waals surface area contributed by atoms with Crippen LogP contribution in [0.3, 0.4) is 0 Å². The van der Waals surface area contributed by atoms with Crippen LogP contribution in [-0.4, -0.2) is 5.11 Å². The van der Waals surface area contributed by atoms with Crippen molar-refractivity contribution in [3.63, 3.8) is 0 Å². The molecule has 0 unspecified atom stereocenters. The standard InChI is InChI=1S/C15H10O2S/c16-11-6-7-12-13(10-4-2-1-3-5-10)9-15(18)17-14(12)8-11/h1-9,16H. The molecule has 0 bridgehead atoms.